The third kappa shape index (κ3) is 3.57. The Kier molecular flexibility index (Phi) is 4.43. The summed E-state index contributed by atoms with van der Waals surface area (Å²) in [6.45, 7) is 2.20. The maximum Gasteiger partial charge on any atom is 0.249 e. The summed E-state index contributed by atoms with van der Waals surface area (Å²) in [5, 5.41) is 8.55. The van der Waals surface area contributed by atoms with E-state index >= 15 is 0 Å². The third-order valence-electron chi connectivity index (χ3n) is 2.50. The molecule has 1 unspecified atom stereocenters. The van der Waals surface area contributed by atoms with E-state index in [1.54, 1.807) is 7.11 Å². The lowest BCUT2D eigenvalue weighted by Crippen LogP contribution is -2.15. The molecule has 0 aliphatic heterocycles. The number of primary sulfonamides is 1. The second-order valence-corrected chi connectivity index (χ2v) is 6.95. The summed E-state index contributed by atoms with van der Waals surface area (Å²) in [5.74, 6) is 1.48. The Bertz CT molecular complexity index is 677. The molecule has 20 heavy (non-hydrogen) atoms. The quantitative estimate of drug-likeness (QED) is 0.836. The van der Waals surface area contributed by atoms with Crippen molar-refractivity contribution in [3.8, 4) is 0 Å². The molecule has 0 radical (unpaired) electrons. The molecule has 0 saturated carbocycles. The number of rotatable bonds is 6. The molecular formula is C11H15N3O4S2. The van der Waals surface area contributed by atoms with E-state index in [9.17, 15) is 8.42 Å². The lowest BCUT2D eigenvalue weighted by Gasteiger charge is -2.14. The summed E-state index contributed by atoms with van der Waals surface area (Å²) in [6.07, 6.45) is 1.22. The van der Waals surface area contributed by atoms with Gasteiger partial charge in [0.25, 0.3) is 0 Å². The second-order valence-electron chi connectivity index (χ2n) is 4.13. The highest BCUT2D eigenvalue weighted by atomic mass is 32.2. The number of thiazole rings is 1. The summed E-state index contributed by atoms with van der Waals surface area (Å²) < 4.78 is 33.1. The molecule has 2 aromatic rings. The van der Waals surface area contributed by atoms with Crippen LogP contribution in [0.5, 0.6) is 0 Å². The minimum Gasteiger partial charge on any atom is -0.464 e. The summed E-state index contributed by atoms with van der Waals surface area (Å²) >= 11 is 0.963. The first kappa shape index (κ1) is 15.0. The second kappa shape index (κ2) is 5.92. The Labute approximate surface area is 120 Å². The summed E-state index contributed by atoms with van der Waals surface area (Å²) in [4.78, 5) is 3.99. The van der Waals surface area contributed by atoms with Gasteiger partial charge in [0.05, 0.1) is 12.8 Å². The van der Waals surface area contributed by atoms with Gasteiger partial charge in [-0.25, -0.2) is 18.5 Å². The van der Waals surface area contributed by atoms with E-state index in [-0.39, 0.29) is 10.3 Å². The predicted molar refractivity (Wildman–Crippen MR) is 75.2 cm³/mol. The van der Waals surface area contributed by atoms with Gasteiger partial charge in [0, 0.05) is 7.11 Å². The van der Waals surface area contributed by atoms with Crippen LogP contribution in [0.4, 0.5) is 5.13 Å². The molecule has 2 aromatic heterocycles. The van der Waals surface area contributed by atoms with Crippen molar-refractivity contribution >= 4 is 26.5 Å². The Morgan fingerprint density at radius 3 is 2.80 bits per heavy atom. The number of nitrogens with zero attached hydrogens (tertiary/aromatic N) is 1. The zero-order valence-corrected chi connectivity index (χ0v) is 12.6. The standard InChI is InChI=1S/C11H15N3O4S2/c1-7-3-4-9(18-7)8(6-17-2)14-11-13-5-10(19-11)20(12,15)16/h3-5,8H,6H2,1-2H3,(H,13,14)(H2,12,15,16). The number of aromatic nitrogens is 1. The van der Waals surface area contributed by atoms with Crippen LogP contribution in [-0.2, 0) is 14.8 Å². The van der Waals surface area contributed by atoms with E-state index in [4.69, 9.17) is 14.3 Å². The predicted octanol–water partition coefficient (Wildman–Crippen LogP) is 1.49. The molecule has 0 bridgehead atoms. The number of hydrogen-bond donors (Lipinski definition) is 2. The van der Waals surface area contributed by atoms with Crippen molar-refractivity contribution in [3.63, 3.8) is 0 Å². The van der Waals surface area contributed by atoms with E-state index in [0.717, 1.165) is 17.1 Å². The van der Waals surface area contributed by atoms with Crippen molar-refractivity contribution < 1.29 is 17.6 Å². The van der Waals surface area contributed by atoms with Gasteiger partial charge in [-0.05, 0) is 19.1 Å². The van der Waals surface area contributed by atoms with Crippen LogP contribution in [0.2, 0.25) is 0 Å². The van der Waals surface area contributed by atoms with Gasteiger partial charge in [-0.1, -0.05) is 11.3 Å². The number of hydrogen-bond acceptors (Lipinski definition) is 7. The van der Waals surface area contributed by atoms with Crippen molar-refractivity contribution in [2.75, 3.05) is 19.0 Å². The monoisotopic (exact) mass is 317 g/mol. The molecule has 7 nitrogen and oxygen atoms in total. The lowest BCUT2D eigenvalue weighted by atomic mass is 10.2. The highest BCUT2D eigenvalue weighted by molar-refractivity contribution is 7.91. The van der Waals surface area contributed by atoms with Crippen LogP contribution in [0.3, 0.4) is 0 Å². The number of nitrogens with one attached hydrogen (secondary N) is 1. The van der Waals surface area contributed by atoms with Crippen LogP contribution >= 0.6 is 11.3 Å². The molecule has 0 aliphatic carbocycles. The van der Waals surface area contributed by atoms with Crippen LogP contribution in [0.25, 0.3) is 0 Å². The number of sulfonamides is 1. The summed E-state index contributed by atoms with van der Waals surface area (Å²) in [5.41, 5.74) is 0. The number of furan rings is 1. The van der Waals surface area contributed by atoms with Crippen molar-refractivity contribution in [2.45, 2.75) is 17.2 Å². The number of ether oxygens (including phenoxy) is 1. The lowest BCUT2D eigenvalue weighted by molar-refractivity contribution is 0.178. The van der Waals surface area contributed by atoms with Gasteiger partial charge in [-0.2, -0.15) is 0 Å². The zero-order valence-electron chi connectivity index (χ0n) is 11.0. The number of aryl methyl sites for hydroxylation is 1. The molecule has 1 atom stereocenters. The first-order valence-electron chi connectivity index (χ1n) is 5.70. The average Bonchev–Trinajstić information content (AvgIpc) is 2.96. The molecule has 0 amide bonds. The van der Waals surface area contributed by atoms with E-state index in [0.29, 0.717) is 17.5 Å². The topological polar surface area (TPSA) is 107 Å². The zero-order chi connectivity index (χ0) is 14.8. The van der Waals surface area contributed by atoms with Crippen molar-refractivity contribution in [1.82, 2.24) is 4.98 Å². The van der Waals surface area contributed by atoms with E-state index < -0.39 is 10.0 Å². The molecular weight excluding hydrogens is 302 g/mol. The highest BCUT2D eigenvalue weighted by Crippen LogP contribution is 2.27. The van der Waals surface area contributed by atoms with Crippen LogP contribution < -0.4 is 10.5 Å². The highest BCUT2D eigenvalue weighted by Gasteiger charge is 2.18. The van der Waals surface area contributed by atoms with Gasteiger partial charge in [0.2, 0.25) is 10.0 Å². The third-order valence-corrected chi connectivity index (χ3v) is 4.84. The molecule has 110 valence electrons. The Morgan fingerprint density at radius 2 is 2.30 bits per heavy atom. The summed E-state index contributed by atoms with van der Waals surface area (Å²) in [7, 11) is -2.16. The molecule has 0 aromatic carbocycles. The van der Waals surface area contributed by atoms with Gasteiger partial charge in [0.15, 0.2) is 9.34 Å². The maximum absolute atomic E-state index is 11.2. The molecule has 2 rings (SSSR count). The molecule has 0 spiro atoms. The Balaban J connectivity index is 2.18. The molecule has 0 saturated heterocycles. The normalized spacial score (nSPS) is 13.3. The van der Waals surface area contributed by atoms with E-state index in [2.05, 4.69) is 10.3 Å². The number of nitrogens with two attached hydrogens (primary N) is 1. The fourth-order valence-electron chi connectivity index (χ4n) is 1.61. The van der Waals surface area contributed by atoms with Gasteiger partial charge in [0.1, 0.15) is 17.6 Å². The molecule has 0 fully saturated rings. The Hall–Kier alpha value is -1.42. The maximum atomic E-state index is 11.2. The van der Waals surface area contributed by atoms with Crippen LogP contribution in [0.15, 0.2) is 27.0 Å². The molecule has 0 aliphatic rings. The first-order valence-corrected chi connectivity index (χ1v) is 8.07. The summed E-state index contributed by atoms with van der Waals surface area (Å²) in [6, 6.07) is 3.42. The van der Waals surface area contributed by atoms with Gasteiger partial charge in [-0.3, -0.25) is 0 Å². The van der Waals surface area contributed by atoms with E-state index in [1.165, 1.54) is 6.20 Å². The molecule has 9 heteroatoms. The van der Waals surface area contributed by atoms with Crippen LogP contribution in [-0.4, -0.2) is 27.1 Å². The van der Waals surface area contributed by atoms with Gasteiger partial charge < -0.3 is 14.5 Å². The van der Waals surface area contributed by atoms with E-state index in [1.807, 2.05) is 19.1 Å². The number of anilines is 1. The fraction of sp³-hybridized carbons (Fsp3) is 0.364. The smallest absolute Gasteiger partial charge is 0.249 e. The van der Waals surface area contributed by atoms with Crippen LogP contribution in [0.1, 0.15) is 17.6 Å². The van der Waals surface area contributed by atoms with Crippen LogP contribution in [0, 0.1) is 6.92 Å². The number of methoxy groups -OCH3 is 1. The fourth-order valence-corrected chi connectivity index (χ4v) is 3.11. The van der Waals surface area contributed by atoms with Crippen molar-refractivity contribution in [1.29, 1.82) is 0 Å². The Morgan fingerprint density at radius 1 is 1.55 bits per heavy atom. The minimum absolute atomic E-state index is 0.00629. The van der Waals surface area contributed by atoms with Gasteiger partial charge in [-0.15, -0.1) is 0 Å². The van der Waals surface area contributed by atoms with Crippen molar-refractivity contribution in [3.05, 3.63) is 29.9 Å². The molecule has 3 N–H and O–H groups in total. The van der Waals surface area contributed by atoms with Gasteiger partial charge >= 0.3 is 0 Å². The minimum atomic E-state index is -3.73. The largest absolute Gasteiger partial charge is 0.464 e. The SMILES string of the molecule is COCC(Nc1ncc(S(N)(=O)=O)s1)c1ccc(C)o1. The first-order chi connectivity index (χ1) is 9.40. The molecule has 2 heterocycles. The van der Waals surface area contributed by atoms with Crippen molar-refractivity contribution in [2.24, 2.45) is 5.14 Å². The average molecular weight is 317 g/mol.